The van der Waals surface area contributed by atoms with Crippen molar-refractivity contribution >= 4 is 17.8 Å². The first-order valence-corrected chi connectivity index (χ1v) is 10.6. The van der Waals surface area contributed by atoms with Gasteiger partial charge < -0.3 is 24.8 Å². The number of carbonyl (C=O) groups is 3. The van der Waals surface area contributed by atoms with Crippen molar-refractivity contribution < 1.29 is 29.0 Å². The number of hydrogen-bond acceptors (Lipinski definition) is 5. The van der Waals surface area contributed by atoms with Crippen molar-refractivity contribution in [2.75, 3.05) is 27.0 Å². The van der Waals surface area contributed by atoms with Gasteiger partial charge in [-0.2, -0.15) is 0 Å². The molecule has 3 rings (SSSR count). The molecule has 29 heavy (non-hydrogen) atoms. The molecule has 0 radical (unpaired) electrons. The van der Waals surface area contributed by atoms with Gasteiger partial charge in [0.2, 0.25) is 11.8 Å². The van der Waals surface area contributed by atoms with E-state index in [1.165, 1.54) is 0 Å². The van der Waals surface area contributed by atoms with Crippen LogP contribution in [-0.2, 0) is 23.9 Å². The molecule has 1 heterocycles. The molecular formula is C21H32N2O6. The predicted molar refractivity (Wildman–Crippen MR) is 105 cm³/mol. The maximum atomic E-state index is 13.1. The van der Waals surface area contributed by atoms with Crippen LogP contribution in [0, 0.1) is 17.8 Å². The molecule has 0 spiro atoms. The van der Waals surface area contributed by atoms with Crippen molar-refractivity contribution in [2.24, 2.45) is 17.8 Å². The summed E-state index contributed by atoms with van der Waals surface area (Å²) in [7, 11) is 1.77. The van der Waals surface area contributed by atoms with E-state index in [1.54, 1.807) is 11.9 Å². The molecule has 2 N–H and O–H groups in total. The third-order valence-electron chi connectivity index (χ3n) is 6.37. The first-order valence-electron chi connectivity index (χ1n) is 10.6. The Morgan fingerprint density at radius 3 is 2.79 bits per heavy atom. The molecule has 162 valence electrons. The summed E-state index contributed by atoms with van der Waals surface area (Å²) in [6, 6.07) is 0. The van der Waals surface area contributed by atoms with Crippen LogP contribution in [-0.4, -0.2) is 66.4 Å². The molecule has 5 atom stereocenters. The van der Waals surface area contributed by atoms with Gasteiger partial charge in [-0.15, -0.1) is 0 Å². The number of nitrogens with zero attached hydrogens (tertiary/aromatic N) is 1. The minimum atomic E-state index is -1.25. The average molecular weight is 408 g/mol. The molecule has 2 saturated carbocycles. The van der Waals surface area contributed by atoms with Crippen molar-refractivity contribution in [2.45, 2.75) is 57.1 Å². The van der Waals surface area contributed by atoms with Gasteiger partial charge in [0, 0.05) is 26.1 Å². The number of allylic oxidation sites excluding steroid dienone is 1. The quantitative estimate of drug-likeness (QED) is 0.406. The lowest BCUT2D eigenvalue weighted by Crippen LogP contribution is -2.49. The highest BCUT2D eigenvalue weighted by Crippen LogP contribution is 2.46. The second kappa shape index (κ2) is 9.26. The van der Waals surface area contributed by atoms with Gasteiger partial charge in [0.25, 0.3) is 0 Å². The minimum absolute atomic E-state index is 0.0722. The summed E-state index contributed by atoms with van der Waals surface area (Å²) in [5, 5.41) is 12.5. The SMILES string of the molecule is CCOCO[C@@H]1C[C@H]2C(=O)N[C@]3(C(=O)O)C[C@@H]3/C=C\CCCCN(C)C(=O)[C@@H]2C1. The molecule has 0 saturated heterocycles. The summed E-state index contributed by atoms with van der Waals surface area (Å²) < 4.78 is 11.0. The minimum Gasteiger partial charge on any atom is -0.479 e. The number of rotatable bonds is 5. The van der Waals surface area contributed by atoms with Gasteiger partial charge in [0.15, 0.2) is 0 Å². The zero-order valence-electron chi connectivity index (χ0n) is 17.3. The Bertz CT molecular complexity index is 666. The second-order valence-corrected chi connectivity index (χ2v) is 8.34. The van der Waals surface area contributed by atoms with Crippen LogP contribution in [0.1, 0.15) is 45.4 Å². The highest BCUT2D eigenvalue weighted by Gasteiger charge is 2.61. The third kappa shape index (κ3) is 4.80. The number of ether oxygens (including phenoxy) is 2. The van der Waals surface area contributed by atoms with Crippen molar-refractivity contribution in [3.05, 3.63) is 12.2 Å². The molecule has 0 unspecified atom stereocenters. The largest absolute Gasteiger partial charge is 0.479 e. The first kappa shape index (κ1) is 21.8. The Morgan fingerprint density at radius 2 is 2.07 bits per heavy atom. The summed E-state index contributed by atoms with van der Waals surface area (Å²) in [5.41, 5.74) is -1.25. The Labute approximate surface area is 171 Å². The number of carboxylic acids is 1. The van der Waals surface area contributed by atoms with Crippen LogP contribution < -0.4 is 5.32 Å². The molecule has 8 heteroatoms. The van der Waals surface area contributed by atoms with Gasteiger partial charge in [0.05, 0.1) is 17.9 Å². The summed E-state index contributed by atoms with van der Waals surface area (Å²) in [6.45, 7) is 3.16. The molecule has 1 aliphatic heterocycles. The van der Waals surface area contributed by atoms with Gasteiger partial charge in [-0.05, 0) is 45.4 Å². The number of hydrogen-bond donors (Lipinski definition) is 2. The molecule has 0 aromatic heterocycles. The summed E-state index contributed by atoms with van der Waals surface area (Å²) in [6.07, 6.45) is 7.50. The highest BCUT2D eigenvalue weighted by atomic mass is 16.7. The number of aliphatic carboxylic acids is 1. The maximum absolute atomic E-state index is 13.1. The number of fused-ring (bicyclic) bond motifs is 2. The Kier molecular flexibility index (Phi) is 6.95. The lowest BCUT2D eigenvalue weighted by Gasteiger charge is -2.26. The first-order chi connectivity index (χ1) is 13.9. The third-order valence-corrected chi connectivity index (χ3v) is 6.37. The van der Waals surface area contributed by atoms with E-state index >= 15 is 0 Å². The van der Waals surface area contributed by atoms with E-state index in [2.05, 4.69) is 5.32 Å². The van der Waals surface area contributed by atoms with Gasteiger partial charge in [-0.3, -0.25) is 9.59 Å². The van der Waals surface area contributed by atoms with Gasteiger partial charge in [-0.25, -0.2) is 4.79 Å². The van der Waals surface area contributed by atoms with Crippen molar-refractivity contribution in [3.63, 3.8) is 0 Å². The van der Waals surface area contributed by atoms with E-state index in [0.29, 0.717) is 32.4 Å². The predicted octanol–water partition coefficient (Wildman–Crippen LogP) is 1.55. The molecule has 2 amide bonds. The van der Waals surface area contributed by atoms with Crippen LogP contribution in [0.3, 0.4) is 0 Å². The van der Waals surface area contributed by atoms with Gasteiger partial charge in [0.1, 0.15) is 12.3 Å². The lowest BCUT2D eigenvalue weighted by atomic mass is 9.93. The normalized spacial score (nSPS) is 36.6. The molecular weight excluding hydrogens is 376 g/mol. The molecule has 0 aromatic rings. The number of carbonyl (C=O) groups excluding carboxylic acids is 2. The fraction of sp³-hybridized carbons (Fsp3) is 0.762. The molecule has 2 aliphatic carbocycles. The summed E-state index contributed by atoms with van der Waals surface area (Å²) in [4.78, 5) is 39.7. The standard InChI is InChI=1S/C21H32N2O6/c1-3-28-13-29-15-10-16-17(11-15)19(25)23(2)9-7-5-4-6-8-14-12-21(14,20(26)27)22-18(16)24/h6,8,14-17H,3-5,7,9-13H2,1-2H3,(H,22,24)(H,26,27)/b8-6-/t14-,15+,16+,17+,21+/m0/s1. The zero-order valence-corrected chi connectivity index (χ0v) is 17.3. The molecule has 3 aliphatic rings. The van der Waals surface area contributed by atoms with E-state index in [0.717, 1.165) is 19.3 Å². The van der Waals surface area contributed by atoms with Crippen LogP contribution in [0.2, 0.25) is 0 Å². The number of nitrogens with one attached hydrogen (secondary N) is 1. The van der Waals surface area contributed by atoms with E-state index in [9.17, 15) is 19.5 Å². The number of amides is 2. The summed E-state index contributed by atoms with van der Waals surface area (Å²) >= 11 is 0. The highest BCUT2D eigenvalue weighted by molar-refractivity contribution is 5.94. The van der Waals surface area contributed by atoms with Crippen molar-refractivity contribution in [1.82, 2.24) is 10.2 Å². The zero-order chi connectivity index (χ0) is 21.0. The van der Waals surface area contributed by atoms with Gasteiger partial charge in [-0.1, -0.05) is 12.2 Å². The van der Waals surface area contributed by atoms with E-state index in [4.69, 9.17) is 9.47 Å². The fourth-order valence-corrected chi connectivity index (χ4v) is 4.46. The number of carboxylic acid groups (broad SMARTS) is 1. The lowest BCUT2D eigenvalue weighted by molar-refractivity contribution is -0.145. The Balaban J connectivity index is 1.79. The monoisotopic (exact) mass is 408 g/mol. The van der Waals surface area contributed by atoms with E-state index in [-0.39, 0.29) is 30.6 Å². The maximum Gasteiger partial charge on any atom is 0.330 e. The Morgan fingerprint density at radius 1 is 1.31 bits per heavy atom. The van der Waals surface area contributed by atoms with Crippen LogP contribution in [0.25, 0.3) is 0 Å². The van der Waals surface area contributed by atoms with Gasteiger partial charge >= 0.3 is 5.97 Å². The van der Waals surface area contributed by atoms with Crippen LogP contribution in [0.4, 0.5) is 0 Å². The molecule has 2 fully saturated rings. The Hall–Kier alpha value is -1.93. The van der Waals surface area contributed by atoms with Crippen molar-refractivity contribution in [3.8, 4) is 0 Å². The van der Waals surface area contributed by atoms with Crippen LogP contribution in [0.5, 0.6) is 0 Å². The smallest absolute Gasteiger partial charge is 0.330 e. The summed E-state index contributed by atoms with van der Waals surface area (Å²) in [5.74, 6) is -2.76. The van der Waals surface area contributed by atoms with Crippen LogP contribution >= 0.6 is 0 Å². The molecule has 0 aromatic carbocycles. The molecule has 0 bridgehead atoms. The van der Waals surface area contributed by atoms with Crippen molar-refractivity contribution in [1.29, 1.82) is 0 Å². The average Bonchev–Trinajstić information content (AvgIpc) is 3.21. The topological polar surface area (TPSA) is 105 Å². The van der Waals surface area contributed by atoms with Crippen LogP contribution in [0.15, 0.2) is 12.2 Å². The fourth-order valence-electron chi connectivity index (χ4n) is 4.46. The van der Waals surface area contributed by atoms with E-state index in [1.807, 2.05) is 19.1 Å². The second-order valence-electron chi connectivity index (χ2n) is 8.34. The molecule has 8 nitrogen and oxygen atoms in total. The van der Waals surface area contributed by atoms with E-state index < -0.39 is 23.3 Å².